The fourth-order valence-corrected chi connectivity index (χ4v) is 2.03. The zero-order valence-corrected chi connectivity index (χ0v) is 8.28. The van der Waals surface area contributed by atoms with Crippen LogP contribution >= 0.6 is 11.3 Å². The Bertz CT molecular complexity index is 267. The van der Waals surface area contributed by atoms with Crippen molar-refractivity contribution >= 4 is 17.6 Å². The number of nitrogens with zero attached hydrogens (tertiary/aromatic N) is 1. The molecule has 0 spiro atoms. The van der Waals surface area contributed by atoms with Gasteiger partial charge in [0.15, 0.2) is 11.3 Å². The molecule has 66 valence electrons. The van der Waals surface area contributed by atoms with Gasteiger partial charge in [0.25, 0.3) is 0 Å². The highest BCUT2D eigenvalue weighted by Crippen LogP contribution is 2.19. The number of carbonyl (C=O) groups is 1. The molecule has 1 heterocycles. The summed E-state index contributed by atoms with van der Waals surface area (Å²) >= 11 is 1.52. The summed E-state index contributed by atoms with van der Waals surface area (Å²) in [5, 5.41) is 0.621. The molecule has 0 aromatic carbocycles. The lowest BCUT2D eigenvalue weighted by atomic mass is 10.2. The molecule has 0 aliphatic rings. The number of aldehydes is 1. The maximum absolute atomic E-state index is 10.4. The van der Waals surface area contributed by atoms with E-state index in [4.69, 9.17) is 0 Å². The zero-order valence-electron chi connectivity index (χ0n) is 7.46. The summed E-state index contributed by atoms with van der Waals surface area (Å²) in [5.41, 5.74) is 1.12. The average molecular weight is 183 g/mol. The third-order valence-electron chi connectivity index (χ3n) is 1.70. The number of hydrogen-bond acceptors (Lipinski definition) is 3. The third-order valence-corrected chi connectivity index (χ3v) is 2.87. The number of aromatic nitrogens is 1. The van der Waals surface area contributed by atoms with E-state index < -0.39 is 0 Å². The van der Waals surface area contributed by atoms with E-state index in [1.54, 1.807) is 0 Å². The van der Waals surface area contributed by atoms with Crippen LogP contribution in [0.25, 0.3) is 0 Å². The van der Waals surface area contributed by atoms with Crippen molar-refractivity contribution in [3.8, 4) is 0 Å². The molecule has 0 aliphatic heterocycles. The Morgan fingerprint density at radius 3 is 2.75 bits per heavy atom. The molecule has 0 fully saturated rings. The van der Waals surface area contributed by atoms with E-state index in [9.17, 15) is 4.79 Å². The van der Waals surface area contributed by atoms with Crippen molar-refractivity contribution in [2.24, 2.45) is 0 Å². The molecule has 0 radical (unpaired) electrons. The largest absolute Gasteiger partial charge is 0.295 e. The molecule has 1 aromatic heterocycles. The maximum atomic E-state index is 10.4. The highest BCUT2D eigenvalue weighted by Gasteiger charge is 2.07. The molecule has 0 N–H and O–H groups in total. The zero-order chi connectivity index (χ0) is 8.97. The first-order valence-corrected chi connectivity index (χ1v) is 5.07. The van der Waals surface area contributed by atoms with Crippen molar-refractivity contribution in [1.29, 1.82) is 0 Å². The Balaban J connectivity index is 2.91. The maximum Gasteiger partial charge on any atom is 0.178 e. The average Bonchev–Trinajstić information content (AvgIpc) is 2.48. The van der Waals surface area contributed by atoms with Crippen LogP contribution in [0, 0.1) is 0 Å². The minimum absolute atomic E-state index is 0.621. The highest BCUT2D eigenvalue weighted by atomic mass is 32.1. The molecule has 0 bridgehead atoms. The Morgan fingerprint density at radius 1 is 1.50 bits per heavy atom. The topological polar surface area (TPSA) is 30.0 Å². The van der Waals surface area contributed by atoms with Crippen LogP contribution in [0.15, 0.2) is 0 Å². The second-order valence-corrected chi connectivity index (χ2v) is 3.76. The monoisotopic (exact) mass is 183 g/mol. The summed E-state index contributed by atoms with van der Waals surface area (Å²) in [5.74, 6) is 0. The second kappa shape index (κ2) is 4.36. The van der Waals surface area contributed by atoms with Crippen LogP contribution in [0.4, 0.5) is 0 Å². The van der Waals surface area contributed by atoms with Crippen molar-refractivity contribution in [1.82, 2.24) is 4.98 Å². The van der Waals surface area contributed by atoms with Gasteiger partial charge in [-0.15, -0.1) is 11.3 Å². The van der Waals surface area contributed by atoms with Gasteiger partial charge in [0.05, 0.1) is 5.69 Å². The fraction of sp³-hybridized carbons (Fsp3) is 0.556. The van der Waals surface area contributed by atoms with Gasteiger partial charge in [0.2, 0.25) is 0 Å². The first-order valence-electron chi connectivity index (χ1n) is 4.25. The van der Waals surface area contributed by atoms with Crippen LogP contribution in [-0.4, -0.2) is 11.3 Å². The van der Waals surface area contributed by atoms with Crippen LogP contribution in [0.3, 0.4) is 0 Å². The standard InChI is InChI=1S/C9H13NOS/c1-3-5-7-8(4-2)12-9(6-11)10-7/h6H,3-5H2,1-2H3. The summed E-state index contributed by atoms with van der Waals surface area (Å²) < 4.78 is 0. The molecular weight excluding hydrogens is 170 g/mol. The van der Waals surface area contributed by atoms with Gasteiger partial charge in [-0.1, -0.05) is 20.3 Å². The van der Waals surface area contributed by atoms with Gasteiger partial charge in [-0.25, -0.2) is 4.98 Å². The number of hydrogen-bond donors (Lipinski definition) is 0. The van der Waals surface area contributed by atoms with E-state index in [2.05, 4.69) is 18.8 Å². The lowest BCUT2D eigenvalue weighted by Crippen LogP contribution is -1.88. The molecular formula is C9H13NOS. The summed E-state index contributed by atoms with van der Waals surface area (Å²) in [6, 6.07) is 0. The third kappa shape index (κ3) is 1.91. The first-order chi connectivity index (χ1) is 5.81. The first kappa shape index (κ1) is 9.39. The van der Waals surface area contributed by atoms with Crippen LogP contribution in [0.5, 0.6) is 0 Å². The Hall–Kier alpha value is -0.700. The van der Waals surface area contributed by atoms with Gasteiger partial charge in [-0.05, 0) is 12.8 Å². The number of carbonyl (C=O) groups excluding carboxylic acids is 1. The summed E-state index contributed by atoms with van der Waals surface area (Å²) in [7, 11) is 0. The van der Waals surface area contributed by atoms with E-state index in [1.807, 2.05) is 0 Å². The van der Waals surface area contributed by atoms with Gasteiger partial charge in [0, 0.05) is 4.88 Å². The van der Waals surface area contributed by atoms with Crippen LogP contribution in [0.2, 0.25) is 0 Å². The Morgan fingerprint density at radius 2 is 2.25 bits per heavy atom. The normalized spacial score (nSPS) is 10.2. The summed E-state index contributed by atoms with van der Waals surface area (Å²) in [4.78, 5) is 15.9. The van der Waals surface area contributed by atoms with E-state index in [1.165, 1.54) is 16.2 Å². The van der Waals surface area contributed by atoms with E-state index in [-0.39, 0.29) is 0 Å². The Labute approximate surface area is 76.6 Å². The predicted octanol–water partition coefficient (Wildman–Crippen LogP) is 2.47. The van der Waals surface area contributed by atoms with Gasteiger partial charge in [-0.3, -0.25) is 4.79 Å². The van der Waals surface area contributed by atoms with Crippen LogP contribution < -0.4 is 0 Å². The molecule has 0 saturated heterocycles. The molecule has 0 atom stereocenters. The van der Waals surface area contributed by atoms with Crippen molar-refractivity contribution < 1.29 is 4.79 Å². The van der Waals surface area contributed by atoms with Gasteiger partial charge in [0.1, 0.15) is 0 Å². The summed E-state index contributed by atoms with van der Waals surface area (Å²) in [6.07, 6.45) is 3.91. The van der Waals surface area contributed by atoms with Crippen LogP contribution in [-0.2, 0) is 12.8 Å². The van der Waals surface area contributed by atoms with Gasteiger partial charge in [-0.2, -0.15) is 0 Å². The van der Waals surface area contributed by atoms with Crippen molar-refractivity contribution in [3.05, 3.63) is 15.6 Å². The van der Waals surface area contributed by atoms with Crippen molar-refractivity contribution in [2.45, 2.75) is 33.1 Å². The van der Waals surface area contributed by atoms with Crippen LogP contribution in [0.1, 0.15) is 40.6 Å². The van der Waals surface area contributed by atoms with Crippen molar-refractivity contribution in [3.63, 3.8) is 0 Å². The summed E-state index contributed by atoms with van der Waals surface area (Å²) in [6.45, 7) is 4.22. The lowest BCUT2D eigenvalue weighted by molar-refractivity contribution is 0.112. The number of aryl methyl sites for hydroxylation is 2. The minimum Gasteiger partial charge on any atom is -0.295 e. The van der Waals surface area contributed by atoms with E-state index in [0.29, 0.717) is 5.01 Å². The molecule has 0 aliphatic carbocycles. The number of thiazole rings is 1. The molecule has 0 saturated carbocycles. The van der Waals surface area contributed by atoms with E-state index >= 15 is 0 Å². The second-order valence-electron chi connectivity index (χ2n) is 2.64. The van der Waals surface area contributed by atoms with Gasteiger partial charge < -0.3 is 0 Å². The van der Waals surface area contributed by atoms with Gasteiger partial charge >= 0.3 is 0 Å². The molecule has 1 aromatic rings. The van der Waals surface area contributed by atoms with E-state index in [0.717, 1.165) is 31.2 Å². The fourth-order valence-electron chi connectivity index (χ4n) is 1.16. The highest BCUT2D eigenvalue weighted by molar-refractivity contribution is 7.13. The number of rotatable bonds is 4. The predicted molar refractivity (Wildman–Crippen MR) is 50.9 cm³/mol. The molecule has 3 heteroatoms. The quantitative estimate of drug-likeness (QED) is 0.671. The SMILES string of the molecule is CCCc1nc(C=O)sc1CC. The van der Waals surface area contributed by atoms with Crippen molar-refractivity contribution in [2.75, 3.05) is 0 Å². The molecule has 2 nitrogen and oxygen atoms in total. The molecule has 0 unspecified atom stereocenters. The molecule has 1 rings (SSSR count). The minimum atomic E-state index is 0.621. The lowest BCUT2D eigenvalue weighted by Gasteiger charge is -1.94. The smallest absolute Gasteiger partial charge is 0.178 e. The molecule has 0 amide bonds. The Kier molecular flexibility index (Phi) is 3.41. The molecule has 12 heavy (non-hydrogen) atoms.